The van der Waals surface area contributed by atoms with Gasteiger partial charge in [0.15, 0.2) is 15.0 Å². The lowest BCUT2D eigenvalue weighted by Gasteiger charge is -2.26. The molecule has 1 aromatic carbocycles. The lowest BCUT2D eigenvalue weighted by atomic mass is 10.2. The van der Waals surface area contributed by atoms with E-state index in [9.17, 15) is 13.2 Å². The number of rotatable bonds is 7. The number of sulfone groups is 1. The summed E-state index contributed by atoms with van der Waals surface area (Å²) in [6.07, 6.45) is 2.10. The first-order valence-corrected chi connectivity index (χ1v) is 11.4. The monoisotopic (exact) mass is 410 g/mol. The summed E-state index contributed by atoms with van der Waals surface area (Å²) in [6, 6.07) is 7.22. The molecule has 1 atom stereocenters. The molecule has 1 fully saturated rings. The van der Waals surface area contributed by atoms with Gasteiger partial charge in [-0.15, -0.1) is 10.2 Å². The fourth-order valence-electron chi connectivity index (χ4n) is 3.11. The zero-order chi connectivity index (χ0) is 19.4. The van der Waals surface area contributed by atoms with Crippen molar-refractivity contribution in [2.75, 3.05) is 30.9 Å². The Bertz CT molecular complexity index is 896. The third-order valence-corrected chi connectivity index (χ3v) is 7.18. The van der Waals surface area contributed by atoms with Gasteiger partial charge in [-0.25, -0.2) is 8.42 Å². The molecular formula is C17H22N4O4S2. The van der Waals surface area contributed by atoms with Gasteiger partial charge in [-0.2, -0.15) is 0 Å². The number of ether oxygens (including phenoxy) is 1. The third kappa shape index (κ3) is 4.62. The van der Waals surface area contributed by atoms with Crippen LogP contribution < -0.4 is 4.74 Å². The van der Waals surface area contributed by atoms with E-state index in [0.29, 0.717) is 18.1 Å². The number of benzene rings is 1. The lowest BCUT2D eigenvalue weighted by Crippen LogP contribution is -2.42. The molecule has 1 aromatic heterocycles. The summed E-state index contributed by atoms with van der Waals surface area (Å²) in [5, 5.41) is 8.63. The Balaban J connectivity index is 1.66. The van der Waals surface area contributed by atoms with Gasteiger partial charge in [0.1, 0.15) is 12.1 Å². The van der Waals surface area contributed by atoms with E-state index in [2.05, 4.69) is 10.2 Å². The third-order valence-electron chi connectivity index (χ3n) is 4.50. The van der Waals surface area contributed by atoms with E-state index in [4.69, 9.17) is 4.74 Å². The molecule has 27 heavy (non-hydrogen) atoms. The highest BCUT2D eigenvalue weighted by Gasteiger charge is 2.33. The minimum atomic E-state index is -3.03. The predicted octanol–water partition coefficient (Wildman–Crippen LogP) is 1.40. The number of hydrogen-bond acceptors (Lipinski definition) is 7. The summed E-state index contributed by atoms with van der Waals surface area (Å²) in [5.74, 6) is 1.05. The average molecular weight is 411 g/mol. The average Bonchev–Trinajstić information content (AvgIpc) is 3.27. The first-order chi connectivity index (χ1) is 12.9. The second-order valence-electron chi connectivity index (χ2n) is 6.21. The molecule has 1 saturated heterocycles. The van der Waals surface area contributed by atoms with Gasteiger partial charge in [0, 0.05) is 18.3 Å². The smallest absolute Gasteiger partial charge is 0.233 e. The number of carbonyl (C=O) groups is 1. The topological polar surface area (TPSA) is 94.4 Å². The number of hydrogen-bond donors (Lipinski definition) is 0. The van der Waals surface area contributed by atoms with Crippen LogP contribution >= 0.6 is 11.8 Å². The van der Waals surface area contributed by atoms with Gasteiger partial charge in [0.2, 0.25) is 5.91 Å². The second kappa shape index (κ2) is 8.30. The minimum absolute atomic E-state index is 0.0548. The van der Waals surface area contributed by atoms with Crippen molar-refractivity contribution in [3.8, 4) is 11.4 Å². The maximum atomic E-state index is 12.6. The van der Waals surface area contributed by atoms with Gasteiger partial charge in [0.05, 0.1) is 24.4 Å². The summed E-state index contributed by atoms with van der Waals surface area (Å²) in [4.78, 5) is 14.3. The van der Waals surface area contributed by atoms with E-state index in [0.717, 1.165) is 11.4 Å². The molecule has 8 nitrogen and oxygen atoms in total. The SMILES string of the molecule is CCN(C(=O)CSc1nncn1-c1ccc(OC)cc1)[C@H]1CCS(=O)(=O)C1. The van der Waals surface area contributed by atoms with Crippen LogP contribution in [0.1, 0.15) is 13.3 Å². The number of amides is 1. The molecule has 0 unspecified atom stereocenters. The molecule has 3 rings (SSSR count). The molecule has 2 aromatic rings. The van der Waals surface area contributed by atoms with E-state index in [1.54, 1.807) is 22.9 Å². The molecule has 10 heteroatoms. The molecule has 1 aliphatic heterocycles. The van der Waals surface area contributed by atoms with Crippen LogP contribution in [0.5, 0.6) is 5.75 Å². The van der Waals surface area contributed by atoms with Crippen molar-refractivity contribution >= 4 is 27.5 Å². The van der Waals surface area contributed by atoms with Crippen LogP contribution in [-0.2, 0) is 14.6 Å². The molecular weight excluding hydrogens is 388 g/mol. The number of thioether (sulfide) groups is 1. The van der Waals surface area contributed by atoms with Gasteiger partial charge < -0.3 is 9.64 Å². The van der Waals surface area contributed by atoms with Crippen molar-refractivity contribution in [1.29, 1.82) is 0 Å². The van der Waals surface area contributed by atoms with E-state index in [1.165, 1.54) is 11.8 Å². The number of methoxy groups -OCH3 is 1. The minimum Gasteiger partial charge on any atom is -0.497 e. The normalized spacial score (nSPS) is 18.4. The maximum absolute atomic E-state index is 12.6. The Hall–Kier alpha value is -2.07. The van der Waals surface area contributed by atoms with Gasteiger partial charge in [-0.1, -0.05) is 11.8 Å². The highest BCUT2D eigenvalue weighted by atomic mass is 32.2. The Labute approximate surface area is 162 Å². The summed E-state index contributed by atoms with van der Waals surface area (Å²) >= 11 is 1.29. The molecule has 2 heterocycles. The molecule has 146 valence electrons. The van der Waals surface area contributed by atoms with Crippen LogP contribution in [0.15, 0.2) is 35.7 Å². The molecule has 0 saturated carbocycles. The van der Waals surface area contributed by atoms with E-state index < -0.39 is 9.84 Å². The Kier molecular flexibility index (Phi) is 6.05. The fourth-order valence-corrected chi connectivity index (χ4v) is 5.66. The Morgan fingerprint density at radius 2 is 2.11 bits per heavy atom. The molecule has 0 N–H and O–H groups in total. The summed E-state index contributed by atoms with van der Waals surface area (Å²) in [6.45, 7) is 2.36. The molecule has 0 spiro atoms. The Morgan fingerprint density at radius 1 is 1.37 bits per heavy atom. The molecule has 1 aliphatic rings. The first-order valence-electron chi connectivity index (χ1n) is 8.60. The summed E-state index contributed by atoms with van der Waals surface area (Å²) in [5.41, 5.74) is 0.866. The van der Waals surface area contributed by atoms with Gasteiger partial charge >= 0.3 is 0 Å². The van der Waals surface area contributed by atoms with E-state index in [-0.39, 0.29) is 29.2 Å². The number of aromatic nitrogens is 3. The van der Waals surface area contributed by atoms with E-state index in [1.807, 2.05) is 31.2 Å². The molecule has 1 amide bonds. The van der Waals surface area contributed by atoms with Gasteiger partial charge in [-0.05, 0) is 37.6 Å². The first kappa shape index (κ1) is 19.7. The zero-order valence-electron chi connectivity index (χ0n) is 15.2. The number of nitrogens with zero attached hydrogens (tertiary/aromatic N) is 4. The van der Waals surface area contributed by atoms with Crippen LogP contribution in [0.25, 0.3) is 5.69 Å². The van der Waals surface area contributed by atoms with Crippen molar-refractivity contribution < 1.29 is 17.9 Å². The Morgan fingerprint density at radius 3 is 2.70 bits per heavy atom. The van der Waals surface area contributed by atoms with Gasteiger partial charge in [0.25, 0.3) is 0 Å². The predicted molar refractivity (Wildman–Crippen MR) is 103 cm³/mol. The van der Waals surface area contributed by atoms with Crippen molar-refractivity contribution in [1.82, 2.24) is 19.7 Å². The van der Waals surface area contributed by atoms with Crippen LogP contribution in [0.2, 0.25) is 0 Å². The lowest BCUT2D eigenvalue weighted by molar-refractivity contribution is -0.129. The van der Waals surface area contributed by atoms with Gasteiger partial charge in [-0.3, -0.25) is 9.36 Å². The van der Waals surface area contributed by atoms with E-state index >= 15 is 0 Å². The van der Waals surface area contributed by atoms with Crippen LogP contribution in [0.4, 0.5) is 0 Å². The summed E-state index contributed by atoms with van der Waals surface area (Å²) in [7, 11) is -1.42. The van der Waals surface area contributed by atoms with Crippen LogP contribution in [0, 0.1) is 0 Å². The van der Waals surface area contributed by atoms with Crippen LogP contribution in [-0.4, -0.2) is 70.9 Å². The molecule has 0 aliphatic carbocycles. The summed E-state index contributed by atoms with van der Waals surface area (Å²) < 4.78 is 30.4. The second-order valence-corrected chi connectivity index (χ2v) is 9.38. The van der Waals surface area contributed by atoms with Crippen molar-refractivity contribution in [2.24, 2.45) is 0 Å². The van der Waals surface area contributed by atoms with Crippen molar-refractivity contribution in [3.63, 3.8) is 0 Å². The van der Waals surface area contributed by atoms with Crippen LogP contribution in [0.3, 0.4) is 0 Å². The molecule has 0 bridgehead atoms. The number of carbonyl (C=O) groups excluding carboxylic acids is 1. The molecule has 0 radical (unpaired) electrons. The highest BCUT2D eigenvalue weighted by Crippen LogP contribution is 2.23. The quantitative estimate of drug-likeness (QED) is 0.637. The standard InChI is InChI=1S/C17H22N4O4S2/c1-3-20(14-8-9-27(23,24)11-14)16(22)10-26-17-19-18-12-21(17)13-4-6-15(25-2)7-5-13/h4-7,12,14H,3,8-11H2,1-2H3/t14-/m0/s1. The fraction of sp³-hybridized carbons (Fsp3) is 0.471. The zero-order valence-corrected chi connectivity index (χ0v) is 16.9. The largest absolute Gasteiger partial charge is 0.497 e. The highest BCUT2D eigenvalue weighted by molar-refractivity contribution is 7.99. The maximum Gasteiger partial charge on any atom is 0.233 e. The van der Waals surface area contributed by atoms with Crippen molar-refractivity contribution in [3.05, 3.63) is 30.6 Å². The van der Waals surface area contributed by atoms with Crippen molar-refractivity contribution in [2.45, 2.75) is 24.5 Å².